The van der Waals surface area contributed by atoms with E-state index < -0.39 is 48.1 Å². The lowest BCUT2D eigenvalue weighted by Gasteiger charge is -2.19. The predicted octanol–water partition coefficient (Wildman–Crippen LogP) is 4.95. The van der Waals surface area contributed by atoms with Gasteiger partial charge >= 0.3 is 12.1 Å². The molecule has 3 N–H and O–H groups in total. The normalized spacial score (nSPS) is 13.3. The van der Waals surface area contributed by atoms with Crippen LogP contribution in [-0.4, -0.2) is 61.1 Å². The van der Waals surface area contributed by atoms with Gasteiger partial charge in [0.25, 0.3) is 5.91 Å². The maximum Gasteiger partial charge on any atom is 0.416 e. The number of aliphatic carboxylic acids is 1. The van der Waals surface area contributed by atoms with Gasteiger partial charge in [-0.25, -0.2) is 9.07 Å². The Hall–Kier alpha value is -3.77. The minimum absolute atomic E-state index is 0.0641. The maximum atomic E-state index is 13.7. The molecule has 2 atom stereocenters. The molecule has 3 rings (SSSR count). The molecule has 0 saturated carbocycles. The first-order valence-corrected chi connectivity index (χ1v) is 13.0. The van der Waals surface area contributed by atoms with Gasteiger partial charge in [-0.3, -0.25) is 9.59 Å². The van der Waals surface area contributed by atoms with E-state index >= 15 is 0 Å². The van der Waals surface area contributed by atoms with Crippen molar-refractivity contribution in [2.75, 3.05) is 7.05 Å². The lowest BCUT2D eigenvalue weighted by molar-refractivity contribution is -0.139. The number of carboxylic acid groups (broad SMARTS) is 1. The molecule has 1 aromatic heterocycles. The Morgan fingerprint density at radius 3 is 2.29 bits per heavy atom. The van der Waals surface area contributed by atoms with Crippen LogP contribution in [0.4, 0.5) is 17.6 Å². The number of aliphatic hydroxyl groups excluding tert-OH is 2. The van der Waals surface area contributed by atoms with Crippen LogP contribution in [0.5, 0.6) is 0 Å². The maximum absolute atomic E-state index is 13.7. The number of benzene rings is 2. The quantitative estimate of drug-likeness (QED) is 0.262. The summed E-state index contributed by atoms with van der Waals surface area (Å²) < 4.78 is 54.7. The zero-order valence-electron chi connectivity index (χ0n) is 22.9. The third-order valence-electron chi connectivity index (χ3n) is 6.56. The summed E-state index contributed by atoms with van der Waals surface area (Å²) in [6.45, 7) is 3.57. The van der Waals surface area contributed by atoms with Crippen LogP contribution in [0.1, 0.15) is 71.9 Å². The molecule has 12 heteroatoms. The number of rotatable bonds is 12. The van der Waals surface area contributed by atoms with Crippen LogP contribution in [-0.2, 0) is 23.9 Å². The molecule has 0 aliphatic heterocycles. The molecule has 0 aliphatic rings. The van der Waals surface area contributed by atoms with E-state index in [2.05, 4.69) is 5.10 Å². The standard InChI is InChI=1S/C29H33F4N3O5/c1-17(2)26-24(12-11-22(37)14-23(38)15-25(39)40)36(21-9-7-20(30)8-10-21)34-27(26)28(41)35(3)16-18-5-4-6-19(13-18)29(31,32)33/h4-10,13,17,22-23,37-38H,11-12,14-16H2,1-3H3,(H,39,40)/t22-,23-/m1/s1. The van der Waals surface area contributed by atoms with Gasteiger partial charge in [0, 0.05) is 24.8 Å². The number of nitrogens with zero attached hydrogens (tertiary/aromatic N) is 3. The van der Waals surface area contributed by atoms with Crippen LogP contribution in [0.15, 0.2) is 48.5 Å². The topological polar surface area (TPSA) is 116 Å². The number of aromatic nitrogens is 2. The number of aliphatic hydroxyl groups is 2. The van der Waals surface area contributed by atoms with Crippen molar-refractivity contribution in [3.63, 3.8) is 0 Å². The highest BCUT2D eigenvalue weighted by atomic mass is 19.4. The number of alkyl halides is 3. The van der Waals surface area contributed by atoms with Gasteiger partial charge in [0.2, 0.25) is 0 Å². The minimum atomic E-state index is -4.53. The van der Waals surface area contributed by atoms with Crippen molar-refractivity contribution in [3.05, 3.63) is 82.4 Å². The third-order valence-corrected chi connectivity index (χ3v) is 6.56. The van der Waals surface area contributed by atoms with Crippen molar-refractivity contribution in [1.29, 1.82) is 0 Å². The van der Waals surface area contributed by atoms with Crippen molar-refractivity contribution in [1.82, 2.24) is 14.7 Å². The van der Waals surface area contributed by atoms with Crippen LogP contribution in [0.2, 0.25) is 0 Å². The van der Waals surface area contributed by atoms with Crippen LogP contribution in [0.3, 0.4) is 0 Å². The zero-order chi connectivity index (χ0) is 30.5. The van der Waals surface area contributed by atoms with E-state index in [9.17, 15) is 37.4 Å². The molecule has 1 heterocycles. The average Bonchev–Trinajstić information content (AvgIpc) is 3.26. The number of halogens is 4. The van der Waals surface area contributed by atoms with E-state index in [0.717, 1.165) is 12.1 Å². The molecule has 0 saturated heterocycles. The molecular weight excluding hydrogens is 546 g/mol. The minimum Gasteiger partial charge on any atom is -0.481 e. The fourth-order valence-electron chi connectivity index (χ4n) is 4.66. The van der Waals surface area contributed by atoms with Crippen molar-refractivity contribution in [2.45, 2.75) is 70.4 Å². The van der Waals surface area contributed by atoms with E-state index in [1.54, 1.807) is 0 Å². The molecule has 0 radical (unpaired) electrons. The van der Waals surface area contributed by atoms with Crippen LogP contribution in [0.25, 0.3) is 5.69 Å². The summed E-state index contributed by atoms with van der Waals surface area (Å²) in [4.78, 5) is 25.7. The van der Waals surface area contributed by atoms with Crippen molar-refractivity contribution >= 4 is 11.9 Å². The summed E-state index contributed by atoms with van der Waals surface area (Å²) in [7, 11) is 1.46. The highest BCUT2D eigenvalue weighted by Gasteiger charge is 2.31. The second-order valence-corrected chi connectivity index (χ2v) is 10.3. The molecule has 0 unspecified atom stereocenters. The molecule has 41 heavy (non-hydrogen) atoms. The van der Waals surface area contributed by atoms with Gasteiger partial charge < -0.3 is 20.2 Å². The monoisotopic (exact) mass is 579 g/mol. The fraction of sp³-hybridized carbons (Fsp3) is 0.414. The van der Waals surface area contributed by atoms with Gasteiger partial charge in [-0.2, -0.15) is 18.3 Å². The van der Waals surface area contributed by atoms with Crippen molar-refractivity contribution in [3.8, 4) is 5.69 Å². The summed E-state index contributed by atoms with van der Waals surface area (Å²) in [6, 6.07) is 10.1. The first-order chi connectivity index (χ1) is 19.2. The van der Waals surface area contributed by atoms with Crippen molar-refractivity contribution < 1.29 is 42.5 Å². The molecule has 8 nitrogen and oxygen atoms in total. The first kappa shape index (κ1) is 31.8. The predicted molar refractivity (Wildman–Crippen MR) is 142 cm³/mol. The number of carboxylic acids is 1. The Labute approximate surface area is 234 Å². The van der Waals surface area contributed by atoms with Gasteiger partial charge in [-0.05, 0) is 67.1 Å². The Kier molecular flexibility index (Phi) is 10.3. The molecule has 0 fully saturated rings. The second-order valence-electron chi connectivity index (χ2n) is 10.3. The molecule has 0 spiro atoms. The van der Waals surface area contributed by atoms with E-state index in [-0.39, 0.29) is 43.0 Å². The highest BCUT2D eigenvalue weighted by Crippen LogP contribution is 2.31. The summed E-state index contributed by atoms with van der Waals surface area (Å²) in [5, 5.41) is 33.8. The van der Waals surface area contributed by atoms with Crippen LogP contribution >= 0.6 is 0 Å². The summed E-state index contributed by atoms with van der Waals surface area (Å²) in [5.41, 5.74) is 1.07. The highest BCUT2D eigenvalue weighted by molar-refractivity contribution is 5.94. The molecule has 222 valence electrons. The lowest BCUT2D eigenvalue weighted by atomic mass is 9.95. The Morgan fingerprint density at radius 2 is 1.71 bits per heavy atom. The summed E-state index contributed by atoms with van der Waals surface area (Å²) >= 11 is 0. The number of hydrogen-bond donors (Lipinski definition) is 3. The van der Waals surface area contributed by atoms with Gasteiger partial charge in [0.05, 0.1) is 29.9 Å². The lowest BCUT2D eigenvalue weighted by Crippen LogP contribution is -2.28. The number of amides is 1. The molecule has 1 amide bonds. The van der Waals surface area contributed by atoms with E-state index in [0.29, 0.717) is 16.9 Å². The first-order valence-electron chi connectivity index (χ1n) is 13.0. The Bertz CT molecular complexity index is 1360. The molecule has 2 aromatic carbocycles. The molecular formula is C29H33F4N3O5. The Balaban J connectivity index is 1.96. The molecule has 0 bridgehead atoms. The van der Waals surface area contributed by atoms with Crippen LogP contribution < -0.4 is 0 Å². The van der Waals surface area contributed by atoms with Gasteiger partial charge in [-0.1, -0.05) is 26.0 Å². The van der Waals surface area contributed by atoms with Gasteiger partial charge in [-0.15, -0.1) is 0 Å². The van der Waals surface area contributed by atoms with Crippen LogP contribution in [0, 0.1) is 5.82 Å². The smallest absolute Gasteiger partial charge is 0.416 e. The fourth-order valence-corrected chi connectivity index (χ4v) is 4.66. The average molecular weight is 580 g/mol. The SMILES string of the molecule is CC(C)c1c(C(=O)N(C)Cc2cccc(C(F)(F)F)c2)nn(-c2ccc(F)cc2)c1CC[C@@H](O)C[C@@H](O)CC(=O)O. The van der Waals surface area contributed by atoms with E-state index in [1.807, 2.05) is 13.8 Å². The summed E-state index contributed by atoms with van der Waals surface area (Å²) in [5.74, 6) is -2.45. The largest absolute Gasteiger partial charge is 0.481 e. The molecule has 0 aliphatic carbocycles. The molecule has 3 aromatic rings. The van der Waals surface area contributed by atoms with E-state index in [4.69, 9.17) is 5.11 Å². The number of hydrogen-bond acceptors (Lipinski definition) is 5. The van der Waals surface area contributed by atoms with Crippen molar-refractivity contribution in [2.24, 2.45) is 0 Å². The Morgan fingerprint density at radius 1 is 1.05 bits per heavy atom. The third kappa shape index (κ3) is 8.37. The van der Waals surface area contributed by atoms with Gasteiger partial charge in [0.1, 0.15) is 5.82 Å². The van der Waals surface area contributed by atoms with E-state index in [1.165, 1.54) is 53.0 Å². The zero-order valence-corrected chi connectivity index (χ0v) is 22.9. The number of carbonyl (C=O) groups is 2. The number of carbonyl (C=O) groups excluding carboxylic acids is 1. The summed E-state index contributed by atoms with van der Waals surface area (Å²) in [6.07, 6.45) is -7.21. The second kappa shape index (κ2) is 13.3. The van der Waals surface area contributed by atoms with Gasteiger partial charge in [0.15, 0.2) is 5.69 Å².